The number of anilines is 1. The van der Waals surface area contributed by atoms with Crippen LogP contribution in [0, 0.1) is 0 Å². The zero-order valence-electron chi connectivity index (χ0n) is 14.9. The van der Waals surface area contributed by atoms with Crippen molar-refractivity contribution in [2.75, 3.05) is 18.5 Å². The molecule has 0 spiro atoms. The monoisotopic (exact) mass is 362 g/mol. The van der Waals surface area contributed by atoms with Gasteiger partial charge in [-0.05, 0) is 44.5 Å². The molecule has 0 aliphatic carbocycles. The molecule has 1 fully saturated rings. The molecule has 3 N–H and O–H groups in total. The minimum absolute atomic E-state index is 0.154. The van der Waals surface area contributed by atoms with E-state index in [1.165, 1.54) is 0 Å². The fourth-order valence-electron chi connectivity index (χ4n) is 2.31. The van der Waals surface area contributed by atoms with Crippen molar-refractivity contribution in [1.82, 2.24) is 15.8 Å². The lowest BCUT2D eigenvalue weighted by Crippen LogP contribution is -2.50. The minimum atomic E-state index is -1.01. The standard InChI is InChI=1S/C17H22N4O5/c1-4-17(3)15(24)21(16(25)19-17)20-13(22)10-18-12-8-6-11(7-9-12)14(23)26-5-2/h6-9,18H,4-5,10H2,1-3H3,(H,19,25)(H,20,22). The first-order valence-corrected chi connectivity index (χ1v) is 8.28. The molecule has 0 bridgehead atoms. The molecule has 0 saturated carbocycles. The van der Waals surface area contributed by atoms with Gasteiger partial charge in [-0.2, -0.15) is 5.01 Å². The number of ether oxygens (including phenoxy) is 1. The Bertz CT molecular complexity index is 718. The van der Waals surface area contributed by atoms with Crippen molar-refractivity contribution in [2.24, 2.45) is 0 Å². The lowest BCUT2D eigenvalue weighted by atomic mass is 10.00. The highest BCUT2D eigenvalue weighted by Gasteiger charge is 2.47. The van der Waals surface area contributed by atoms with Crippen molar-refractivity contribution in [3.05, 3.63) is 29.8 Å². The van der Waals surface area contributed by atoms with Gasteiger partial charge in [-0.1, -0.05) is 6.92 Å². The molecule has 1 saturated heterocycles. The first kappa shape index (κ1) is 19.2. The van der Waals surface area contributed by atoms with Crippen LogP contribution in [0.3, 0.4) is 0 Å². The van der Waals surface area contributed by atoms with Gasteiger partial charge in [0.1, 0.15) is 5.54 Å². The normalized spacial score (nSPS) is 19.1. The molecule has 1 unspecified atom stereocenters. The smallest absolute Gasteiger partial charge is 0.344 e. The summed E-state index contributed by atoms with van der Waals surface area (Å²) in [6.07, 6.45) is 0.412. The number of hydrogen-bond donors (Lipinski definition) is 3. The summed E-state index contributed by atoms with van der Waals surface area (Å²) >= 11 is 0. The Labute approximate surface area is 151 Å². The summed E-state index contributed by atoms with van der Waals surface area (Å²) in [7, 11) is 0. The van der Waals surface area contributed by atoms with Crippen molar-refractivity contribution in [2.45, 2.75) is 32.7 Å². The highest BCUT2D eigenvalue weighted by atomic mass is 16.5. The van der Waals surface area contributed by atoms with Crippen LogP contribution in [0.4, 0.5) is 10.5 Å². The molecule has 1 atom stereocenters. The van der Waals surface area contributed by atoms with Crippen LogP contribution >= 0.6 is 0 Å². The molecule has 4 amide bonds. The zero-order chi connectivity index (χ0) is 19.3. The number of carbonyl (C=O) groups is 4. The van der Waals surface area contributed by atoms with Gasteiger partial charge in [-0.3, -0.25) is 15.0 Å². The summed E-state index contributed by atoms with van der Waals surface area (Å²) in [4.78, 5) is 47.6. The molecule has 2 rings (SSSR count). The third-order valence-corrected chi connectivity index (χ3v) is 4.05. The second-order valence-corrected chi connectivity index (χ2v) is 5.94. The van der Waals surface area contributed by atoms with Crippen LogP contribution in [0.5, 0.6) is 0 Å². The fraction of sp³-hybridized carbons (Fsp3) is 0.412. The van der Waals surface area contributed by atoms with Crippen LogP contribution < -0.4 is 16.1 Å². The largest absolute Gasteiger partial charge is 0.462 e. The van der Waals surface area contributed by atoms with E-state index in [1.807, 2.05) is 0 Å². The van der Waals surface area contributed by atoms with Crippen molar-refractivity contribution in [3.63, 3.8) is 0 Å². The minimum Gasteiger partial charge on any atom is -0.462 e. The number of esters is 1. The van der Waals surface area contributed by atoms with Gasteiger partial charge in [0.05, 0.1) is 18.7 Å². The van der Waals surface area contributed by atoms with Crippen LogP contribution in [0.25, 0.3) is 0 Å². The molecule has 1 aromatic carbocycles. The zero-order valence-corrected chi connectivity index (χ0v) is 14.9. The number of hydrogen-bond acceptors (Lipinski definition) is 6. The number of urea groups is 1. The van der Waals surface area contributed by atoms with Crippen LogP contribution in [-0.2, 0) is 14.3 Å². The molecule has 0 aromatic heterocycles. The lowest BCUT2D eigenvalue weighted by Gasteiger charge is -2.19. The molecule has 1 heterocycles. The van der Waals surface area contributed by atoms with Gasteiger partial charge in [-0.15, -0.1) is 0 Å². The van der Waals surface area contributed by atoms with Crippen molar-refractivity contribution >= 4 is 29.5 Å². The maximum atomic E-state index is 12.2. The number of rotatable bonds is 7. The number of nitrogens with one attached hydrogen (secondary N) is 3. The van der Waals surface area contributed by atoms with Crippen LogP contribution in [0.2, 0.25) is 0 Å². The number of benzene rings is 1. The molecule has 9 nitrogen and oxygen atoms in total. The summed E-state index contributed by atoms with van der Waals surface area (Å²) in [5.74, 6) is -1.48. The van der Waals surface area contributed by atoms with Gasteiger partial charge in [-0.25, -0.2) is 9.59 Å². The van der Waals surface area contributed by atoms with E-state index in [1.54, 1.807) is 45.0 Å². The van der Waals surface area contributed by atoms with E-state index in [0.717, 1.165) is 0 Å². The van der Waals surface area contributed by atoms with Gasteiger partial charge in [0.15, 0.2) is 0 Å². The van der Waals surface area contributed by atoms with Crippen molar-refractivity contribution in [3.8, 4) is 0 Å². The summed E-state index contributed by atoms with van der Waals surface area (Å²) in [5, 5.41) is 6.08. The van der Waals surface area contributed by atoms with Crippen molar-refractivity contribution in [1.29, 1.82) is 0 Å². The number of imide groups is 1. The topological polar surface area (TPSA) is 117 Å². The Balaban J connectivity index is 1.88. The molecule has 1 aliphatic rings. The molecule has 26 heavy (non-hydrogen) atoms. The third-order valence-electron chi connectivity index (χ3n) is 4.05. The van der Waals surface area contributed by atoms with Gasteiger partial charge in [0.2, 0.25) is 0 Å². The average molecular weight is 362 g/mol. The first-order chi connectivity index (χ1) is 12.3. The quantitative estimate of drug-likeness (QED) is 0.493. The maximum absolute atomic E-state index is 12.2. The molecule has 1 aromatic rings. The van der Waals surface area contributed by atoms with Gasteiger partial charge < -0.3 is 15.4 Å². The molecule has 0 radical (unpaired) electrons. The fourth-order valence-corrected chi connectivity index (χ4v) is 2.31. The summed E-state index contributed by atoms with van der Waals surface area (Å²) in [6.45, 7) is 5.23. The van der Waals surface area contributed by atoms with Crippen molar-refractivity contribution < 1.29 is 23.9 Å². The van der Waals surface area contributed by atoms with E-state index in [0.29, 0.717) is 29.3 Å². The summed E-state index contributed by atoms with van der Waals surface area (Å²) in [5.41, 5.74) is 2.27. The molecular weight excluding hydrogens is 340 g/mol. The number of hydrazine groups is 1. The Morgan fingerprint density at radius 2 is 1.85 bits per heavy atom. The highest BCUT2D eigenvalue weighted by molar-refractivity contribution is 6.07. The highest BCUT2D eigenvalue weighted by Crippen LogP contribution is 2.19. The molecular formula is C17H22N4O5. The van der Waals surface area contributed by atoms with Gasteiger partial charge in [0.25, 0.3) is 11.8 Å². The number of nitrogens with zero attached hydrogens (tertiary/aromatic N) is 1. The summed E-state index contributed by atoms with van der Waals surface area (Å²) < 4.78 is 4.89. The van der Waals surface area contributed by atoms with Crippen LogP contribution in [0.1, 0.15) is 37.6 Å². The predicted molar refractivity (Wildman–Crippen MR) is 93.1 cm³/mol. The lowest BCUT2D eigenvalue weighted by molar-refractivity contribution is -0.138. The maximum Gasteiger partial charge on any atom is 0.344 e. The van der Waals surface area contributed by atoms with E-state index in [-0.39, 0.29) is 6.54 Å². The second-order valence-electron chi connectivity index (χ2n) is 5.94. The third kappa shape index (κ3) is 4.11. The van der Waals surface area contributed by atoms with E-state index < -0.39 is 29.4 Å². The predicted octanol–water partition coefficient (Wildman–Crippen LogP) is 1.03. The van der Waals surface area contributed by atoms with Crippen LogP contribution in [0.15, 0.2) is 24.3 Å². The van der Waals surface area contributed by atoms with E-state index in [9.17, 15) is 19.2 Å². The van der Waals surface area contributed by atoms with E-state index in [2.05, 4.69) is 16.1 Å². The Hall–Kier alpha value is -3.10. The van der Waals surface area contributed by atoms with Gasteiger partial charge >= 0.3 is 12.0 Å². The second kappa shape index (κ2) is 7.85. The number of carbonyl (C=O) groups excluding carboxylic acids is 4. The SMILES string of the molecule is CCOC(=O)c1ccc(NCC(=O)NN2C(=O)NC(C)(CC)C2=O)cc1. The Morgan fingerprint density at radius 1 is 1.19 bits per heavy atom. The first-order valence-electron chi connectivity index (χ1n) is 8.28. The van der Waals surface area contributed by atoms with Gasteiger partial charge in [0, 0.05) is 5.69 Å². The van der Waals surface area contributed by atoms with E-state index in [4.69, 9.17) is 4.74 Å². The molecule has 9 heteroatoms. The molecule has 1 aliphatic heterocycles. The Kier molecular flexibility index (Phi) is 5.81. The Morgan fingerprint density at radius 3 is 2.38 bits per heavy atom. The average Bonchev–Trinajstić information content (AvgIpc) is 2.84. The van der Waals surface area contributed by atoms with E-state index >= 15 is 0 Å². The molecule has 140 valence electrons. The number of amides is 4. The summed E-state index contributed by atoms with van der Waals surface area (Å²) in [6, 6.07) is 5.74. The van der Waals surface area contributed by atoms with Crippen LogP contribution in [-0.4, -0.2) is 47.5 Å².